The topological polar surface area (TPSA) is 78.4 Å². The summed E-state index contributed by atoms with van der Waals surface area (Å²) < 4.78 is 25.6. The molecule has 1 atom stereocenters. The van der Waals surface area contributed by atoms with Gasteiger partial charge in [0.1, 0.15) is 0 Å². The van der Waals surface area contributed by atoms with E-state index in [1.807, 2.05) is 13.0 Å². The molecule has 3 N–H and O–H groups in total. The van der Waals surface area contributed by atoms with Crippen molar-refractivity contribution < 1.29 is 13.5 Å². The van der Waals surface area contributed by atoms with Crippen molar-refractivity contribution in [2.75, 3.05) is 20.2 Å². The first-order valence-corrected chi connectivity index (χ1v) is 7.37. The average Bonchev–Trinajstić information content (AvgIpc) is 2.39. The molecular formula is C12H20N2O3S. The zero-order valence-corrected chi connectivity index (χ0v) is 11.5. The quantitative estimate of drug-likeness (QED) is 0.636. The van der Waals surface area contributed by atoms with Gasteiger partial charge in [-0.05, 0) is 44.6 Å². The number of aliphatic hydroxyl groups is 1. The van der Waals surface area contributed by atoms with Gasteiger partial charge in [-0.25, -0.2) is 13.1 Å². The van der Waals surface area contributed by atoms with E-state index < -0.39 is 10.0 Å². The second-order valence-electron chi connectivity index (χ2n) is 4.03. The zero-order chi connectivity index (χ0) is 13.6. The van der Waals surface area contributed by atoms with Gasteiger partial charge in [0.2, 0.25) is 10.0 Å². The fourth-order valence-electron chi connectivity index (χ4n) is 1.58. The lowest BCUT2D eigenvalue weighted by atomic mass is 10.1. The number of sulfonamides is 1. The molecule has 1 aromatic rings. The van der Waals surface area contributed by atoms with E-state index in [0.29, 0.717) is 13.0 Å². The van der Waals surface area contributed by atoms with Crippen molar-refractivity contribution in [3.63, 3.8) is 0 Å². The van der Waals surface area contributed by atoms with Gasteiger partial charge in [0.15, 0.2) is 0 Å². The maximum Gasteiger partial charge on any atom is 0.240 e. The van der Waals surface area contributed by atoms with Gasteiger partial charge in [-0.15, -0.1) is 0 Å². The van der Waals surface area contributed by atoms with Crippen LogP contribution in [0.1, 0.15) is 24.9 Å². The van der Waals surface area contributed by atoms with Crippen molar-refractivity contribution in [2.24, 2.45) is 0 Å². The summed E-state index contributed by atoms with van der Waals surface area (Å²) in [6.07, 6.45) is 0.679. The van der Waals surface area contributed by atoms with E-state index in [1.54, 1.807) is 18.2 Å². The highest BCUT2D eigenvalue weighted by molar-refractivity contribution is 7.89. The molecule has 102 valence electrons. The highest BCUT2D eigenvalue weighted by atomic mass is 32.2. The van der Waals surface area contributed by atoms with E-state index >= 15 is 0 Å². The largest absolute Gasteiger partial charge is 0.396 e. The molecule has 0 aliphatic heterocycles. The lowest BCUT2D eigenvalue weighted by molar-refractivity contribution is 0.284. The average molecular weight is 272 g/mol. The van der Waals surface area contributed by atoms with E-state index in [-0.39, 0.29) is 17.5 Å². The number of hydrogen-bond acceptors (Lipinski definition) is 4. The third-order valence-electron chi connectivity index (χ3n) is 2.72. The van der Waals surface area contributed by atoms with Gasteiger partial charge < -0.3 is 10.4 Å². The maximum absolute atomic E-state index is 11.7. The Hall–Kier alpha value is -0.950. The highest BCUT2D eigenvalue weighted by Crippen LogP contribution is 2.17. The van der Waals surface area contributed by atoms with Gasteiger partial charge in [0.25, 0.3) is 0 Å². The van der Waals surface area contributed by atoms with Gasteiger partial charge in [-0.3, -0.25) is 0 Å². The van der Waals surface area contributed by atoms with E-state index in [0.717, 1.165) is 5.56 Å². The summed E-state index contributed by atoms with van der Waals surface area (Å²) in [4.78, 5) is 0.262. The Morgan fingerprint density at radius 2 is 2.11 bits per heavy atom. The molecule has 0 radical (unpaired) electrons. The Bertz CT molecular complexity index is 474. The molecule has 5 nitrogen and oxygen atoms in total. The first-order valence-electron chi connectivity index (χ1n) is 5.89. The van der Waals surface area contributed by atoms with Crippen molar-refractivity contribution in [2.45, 2.75) is 24.3 Å². The van der Waals surface area contributed by atoms with Gasteiger partial charge in [0, 0.05) is 12.6 Å². The predicted octanol–water partition coefficient (Wildman–Crippen LogP) is 0.628. The molecule has 0 fully saturated rings. The van der Waals surface area contributed by atoms with E-state index in [4.69, 9.17) is 5.11 Å². The molecule has 6 heteroatoms. The van der Waals surface area contributed by atoms with Crippen LogP contribution in [0.3, 0.4) is 0 Å². The lowest BCUT2D eigenvalue weighted by Crippen LogP contribution is -2.22. The standard InChI is InChI=1S/C12H20N2O3S/c1-10(14-7-4-8-15)11-5-3-6-12(9-11)18(16,17)13-2/h3,5-6,9-10,13-15H,4,7-8H2,1-2H3. The van der Waals surface area contributed by atoms with Crippen LogP contribution in [0.2, 0.25) is 0 Å². The van der Waals surface area contributed by atoms with Gasteiger partial charge in [-0.2, -0.15) is 0 Å². The molecule has 0 aliphatic rings. The van der Waals surface area contributed by atoms with E-state index in [2.05, 4.69) is 10.0 Å². The number of aliphatic hydroxyl groups excluding tert-OH is 1. The number of nitrogens with one attached hydrogen (secondary N) is 2. The van der Waals surface area contributed by atoms with E-state index in [1.165, 1.54) is 7.05 Å². The van der Waals surface area contributed by atoms with Crippen LogP contribution in [0.25, 0.3) is 0 Å². The number of benzene rings is 1. The molecule has 0 bridgehead atoms. The fourth-order valence-corrected chi connectivity index (χ4v) is 2.37. The molecule has 0 heterocycles. The monoisotopic (exact) mass is 272 g/mol. The maximum atomic E-state index is 11.7. The highest BCUT2D eigenvalue weighted by Gasteiger charge is 2.13. The molecule has 0 amide bonds. The minimum atomic E-state index is -3.40. The summed E-state index contributed by atoms with van der Waals surface area (Å²) in [5.74, 6) is 0. The molecule has 1 unspecified atom stereocenters. The van der Waals surface area contributed by atoms with Crippen LogP contribution in [-0.2, 0) is 10.0 Å². The van der Waals surface area contributed by atoms with Gasteiger partial charge >= 0.3 is 0 Å². The molecule has 1 aromatic carbocycles. The minimum absolute atomic E-state index is 0.0450. The van der Waals surface area contributed by atoms with Crippen LogP contribution in [0.15, 0.2) is 29.2 Å². The van der Waals surface area contributed by atoms with Crippen molar-refractivity contribution in [3.8, 4) is 0 Å². The van der Waals surface area contributed by atoms with Gasteiger partial charge in [-0.1, -0.05) is 12.1 Å². The molecule has 0 spiro atoms. The molecule has 0 aromatic heterocycles. The smallest absolute Gasteiger partial charge is 0.240 e. The SMILES string of the molecule is CNS(=O)(=O)c1cccc(C(C)NCCCO)c1. The summed E-state index contributed by atoms with van der Waals surface area (Å²) in [7, 11) is -2.00. The third kappa shape index (κ3) is 4.06. The molecule has 0 saturated heterocycles. The summed E-state index contributed by atoms with van der Waals surface area (Å²) in [5, 5.41) is 11.9. The predicted molar refractivity (Wildman–Crippen MR) is 70.8 cm³/mol. The third-order valence-corrected chi connectivity index (χ3v) is 4.13. The second-order valence-corrected chi connectivity index (χ2v) is 5.92. The van der Waals surface area contributed by atoms with Crippen molar-refractivity contribution in [1.82, 2.24) is 10.0 Å². The minimum Gasteiger partial charge on any atom is -0.396 e. The molecule has 0 aliphatic carbocycles. The lowest BCUT2D eigenvalue weighted by Gasteiger charge is -2.14. The number of rotatable bonds is 7. The first kappa shape index (κ1) is 15.1. The van der Waals surface area contributed by atoms with Crippen molar-refractivity contribution >= 4 is 10.0 Å². The van der Waals surface area contributed by atoms with Crippen molar-refractivity contribution in [1.29, 1.82) is 0 Å². The Labute approximate surface area is 108 Å². The first-order chi connectivity index (χ1) is 8.51. The molecule has 1 rings (SSSR count). The van der Waals surface area contributed by atoms with E-state index in [9.17, 15) is 8.42 Å². The Balaban J connectivity index is 2.82. The second kappa shape index (κ2) is 6.84. The van der Waals surface area contributed by atoms with Crippen LogP contribution in [-0.4, -0.2) is 33.7 Å². The molecular weight excluding hydrogens is 252 g/mol. The molecule has 0 saturated carbocycles. The Kier molecular flexibility index (Phi) is 5.74. The Morgan fingerprint density at radius 3 is 2.72 bits per heavy atom. The van der Waals surface area contributed by atoms with Crippen LogP contribution >= 0.6 is 0 Å². The fraction of sp³-hybridized carbons (Fsp3) is 0.500. The van der Waals surface area contributed by atoms with Crippen LogP contribution in [0, 0.1) is 0 Å². The Morgan fingerprint density at radius 1 is 1.39 bits per heavy atom. The summed E-state index contributed by atoms with van der Waals surface area (Å²) >= 11 is 0. The summed E-state index contributed by atoms with van der Waals surface area (Å²) in [5.41, 5.74) is 0.907. The van der Waals surface area contributed by atoms with Crippen molar-refractivity contribution in [3.05, 3.63) is 29.8 Å². The van der Waals surface area contributed by atoms with Gasteiger partial charge in [0.05, 0.1) is 4.90 Å². The molecule has 18 heavy (non-hydrogen) atoms. The van der Waals surface area contributed by atoms with Crippen LogP contribution in [0.4, 0.5) is 0 Å². The normalized spacial score (nSPS) is 13.5. The number of hydrogen-bond donors (Lipinski definition) is 3. The van der Waals surface area contributed by atoms with Crippen LogP contribution < -0.4 is 10.0 Å². The van der Waals surface area contributed by atoms with Crippen LogP contribution in [0.5, 0.6) is 0 Å². The summed E-state index contributed by atoms with van der Waals surface area (Å²) in [6, 6.07) is 6.87. The zero-order valence-electron chi connectivity index (χ0n) is 10.7. The summed E-state index contributed by atoms with van der Waals surface area (Å²) in [6.45, 7) is 2.80.